The number of hydrogen-bond donors (Lipinski definition) is 2. The molecule has 0 fully saturated rings. The fraction of sp³-hybridized carbons (Fsp3) is 0.417. The number of allylic oxidation sites excluding steroid dienone is 1. The second kappa shape index (κ2) is 5.57. The highest BCUT2D eigenvalue weighted by atomic mass is 79.9. The van der Waals surface area contributed by atoms with Gasteiger partial charge in [-0.2, -0.15) is 0 Å². The van der Waals surface area contributed by atoms with Gasteiger partial charge in [-0.15, -0.1) is 0 Å². The molecule has 0 bridgehead atoms. The minimum atomic E-state index is 0.102. The van der Waals surface area contributed by atoms with Gasteiger partial charge in [-0.05, 0) is 53.2 Å². The van der Waals surface area contributed by atoms with Crippen molar-refractivity contribution in [3.05, 3.63) is 40.1 Å². The van der Waals surface area contributed by atoms with Crippen LogP contribution in [0.25, 0.3) is 0 Å². The van der Waals surface area contributed by atoms with Crippen LogP contribution in [0, 0.1) is 0 Å². The second-order valence-corrected chi connectivity index (χ2v) is 4.98. The number of hydrazine groups is 1. The van der Waals surface area contributed by atoms with Gasteiger partial charge in [0.2, 0.25) is 0 Å². The standard InChI is InChI=1S/C12H16BrN3/c13-11-6-10(7-15-8-11)12(16-14)9-4-2-1-3-5-9/h4,6-8,12,16H,1-3,5,14H2. The first kappa shape index (κ1) is 11.8. The number of nitrogens with zero attached hydrogens (tertiary/aromatic N) is 1. The Hall–Kier alpha value is -0.710. The summed E-state index contributed by atoms with van der Waals surface area (Å²) in [4.78, 5) is 4.18. The molecule has 1 aliphatic carbocycles. The van der Waals surface area contributed by atoms with Crippen molar-refractivity contribution in [3.8, 4) is 0 Å². The van der Waals surface area contributed by atoms with E-state index in [0.717, 1.165) is 22.9 Å². The molecule has 1 heterocycles. The predicted octanol–water partition coefficient (Wildman–Crippen LogP) is 2.85. The van der Waals surface area contributed by atoms with Crippen LogP contribution in [0.5, 0.6) is 0 Å². The predicted molar refractivity (Wildman–Crippen MR) is 68.6 cm³/mol. The third-order valence-electron chi connectivity index (χ3n) is 2.92. The Balaban J connectivity index is 2.25. The lowest BCUT2D eigenvalue weighted by molar-refractivity contribution is 0.564. The Bertz CT molecular complexity index is 390. The quantitative estimate of drug-likeness (QED) is 0.509. The van der Waals surface area contributed by atoms with Crippen molar-refractivity contribution in [1.29, 1.82) is 0 Å². The zero-order valence-electron chi connectivity index (χ0n) is 9.12. The average molecular weight is 282 g/mol. The zero-order chi connectivity index (χ0) is 11.4. The number of aromatic nitrogens is 1. The Labute approximate surface area is 104 Å². The number of nitrogens with two attached hydrogens (primary N) is 1. The van der Waals surface area contributed by atoms with Crippen LogP contribution in [-0.4, -0.2) is 4.98 Å². The first-order valence-electron chi connectivity index (χ1n) is 5.57. The molecule has 3 N–H and O–H groups in total. The minimum absolute atomic E-state index is 0.102. The van der Waals surface area contributed by atoms with Crippen LogP contribution in [-0.2, 0) is 0 Å². The summed E-state index contributed by atoms with van der Waals surface area (Å²) < 4.78 is 0.988. The monoisotopic (exact) mass is 281 g/mol. The van der Waals surface area contributed by atoms with Gasteiger partial charge in [-0.3, -0.25) is 10.8 Å². The van der Waals surface area contributed by atoms with E-state index in [0.29, 0.717) is 0 Å². The van der Waals surface area contributed by atoms with E-state index < -0.39 is 0 Å². The van der Waals surface area contributed by atoms with Gasteiger partial charge in [-0.25, -0.2) is 5.43 Å². The first-order chi connectivity index (χ1) is 7.81. The highest BCUT2D eigenvalue weighted by molar-refractivity contribution is 9.10. The molecule has 0 aliphatic heterocycles. The summed E-state index contributed by atoms with van der Waals surface area (Å²) in [7, 11) is 0. The van der Waals surface area contributed by atoms with Gasteiger partial charge in [0.25, 0.3) is 0 Å². The lowest BCUT2D eigenvalue weighted by atomic mass is 9.91. The molecule has 16 heavy (non-hydrogen) atoms. The molecule has 3 nitrogen and oxygen atoms in total. The van der Waals surface area contributed by atoms with Crippen LogP contribution in [0.3, 0.4) is 0 Å². The fourth-order valence-corrected chi connectivity index (χ4v) is 2.51. The van der Waals surface area contributed by atoms with Gasteiger partial charge in [0, 0.05) is 16.9 Å². The number of pyridine rings is 1. The molecule has 0 saturated heterocycles. The van der Waals surface area contributed by atoms with Crippen molar-refractivity contribution >= 4 is 15.9 Å². The van der Waals surface area contributed by atoms with E-state index in [1.54, 1.807) is 6.20 Å². The molecule has 86 valence electrons. The molecule has 4 heteroatoms. The third kappa shape index (κ3) is 2.70. The lowest BCUT2D eigenvalue weighted by Crippen LogP contribution is -2.30. The van der Waals surface area contributed by atoms with Gasteiger partial charge >= 0.3 is 0 Å². The molecule has 0 amide bonds. The molecule has 1 aliphatic rings. The molecule has 0 aromatic carbocycles. The van der Waals surface area contributed by atoms with Crippen molar-refractivity contribution in [3.63, 3.8) is 0 Å². The maximum atomic E-state index is 5.65. The van der Waals surface area contributed by atoms with E-state index in [1.165, 1.54) is 18.4 Å². The highest BCUT2D eigenvalue weighted by Crippen LogP contribution is 2.29. The van der Waals surface area contributed by atoms with Crippen LogP contribution in [0.4, 0.5) is 0 Å². The topological polar surface area (TPSA) is 50.9 Å². The first-order valence-corrected chi connectivity index (χ1v) is 6.36. The maximum absolute atomic E-state index is 5.65. The summed E-state index contributed by atoms with van der Waals surface area (Å²) in [5.41, 5.74) is 5.38. The van der Waals surface area contributed by atoms with E-state index in [-0.39, 0.29) is 6.04 Å². The number of rotatable bonds is 3. The molecule has 1 unspecified atom stereocenters. The van der Waals surface area contributed by atoms with Crippen LogP contribution in [0.2, 0.25) is 0 Å². The van der Waals surface area contributed by atoms with Crippen LogP contribution in [0.1, 0.15) is 37.3 Å². The highest BCUT2D eigenvalue weighted by Gasteiger charge is 2.17. The molecule has 0 spiro atoms. The number of hydrogen-bond acceptors (Lipinski definition) is 3. The smallest absolute Gasteiger partial charge is 0.0685 e. The summed E-state index contributed by atoms with van der Waals surface area (Å²) in [6.07, 6.45) is 10.8. The zero-order valence-corrected chi connectivity index (χ0v) is 10.7. The summed E-state index contributed by atoms with van der Waals surface area (Å²) >= 11 is 3.43. The Morgan fingerprint density at radius 2 is 2.25 bits per heavy atom. The number of nitrogens with one attached hydrogen (secondary N) is 1. The summed E-state index contributed by atoms with van der Waals surface area (Å²) in [5, 5.41) is 0. The van der Waals surface area contributed by atoms with E-state index in [4.69, 9.17) is 5.84 Å². The lowest BCUT2D eigenvalue weighted by Gasteiger charge is -2.22. The van der Waals surface area contributed by atoms with Crippen molar-refractivity contribution in [1.82, 2.24) is 10.4 Å². The Morgan fingerprint density at radius 3 is 2.88 bits per heavy atom. The molecule has 0 radical (unpaired) electrons. The van der Waals surface area contributed by atoms with Crippen molar-refractivity contribution in [2.24, 2.45) is 5.84 Å². The number of halogens is 1. The molecular formula is C12H16BrN3. The van der Waals surface area contributed by atoms with Crippen LogP contribution in [0.15, 0.2) is 34.6 Å². The van der Waals surface area contributed by atoms with Crippen molar-refractivity contribution in [2.75, 3.05) is 0 Å². The SMILES string of the molecule is NNC(C1=CCCCC1)c1cncc(Br)c1. The molecule has 1 aromatic heterocycles. The summed E-state index contributed by atoms with van der Waals surface area (Å²) in [6, 6.07) is 2.16. The normalized spacial score (nSPS) is 18.0. The van der Waals surface area contributed by atoms with Gasteiger partial charge in [0.1, 0.15) is 0 Å². The molecule has 0 saturated carbocycles. The van der Waals surface area contributed by atoms with Gasteiger partial charge in [-0.1, -0.05) is 11.6 Å². The van der Waals surface area contributed by atoms with Crippen LogP contribution >= 0.6 is 15.9 Å². The Morgan fingerprint density at radius 1 is 1.38 bits per heavy atom. The third-order valence-corrected chi connectivity index (χ3v) is 3.36. The fourth-order valence-electron chi connectivity index (χ4n) is 2.13. The minimum Gasteiger partial charge on any atom is -0.271 e. The largest absolute Gasteiger partial charge is 0.271 e. The van der Waals surface area contributed by atoms with Crippen LogP contribution < -0.4 is 11.3 Å². The average Bonchev–Trinajstić information content (AvgIpc) is 2.31. The second-order valence-electron chi connectivity index (χ2n) is 4.06. The van der Waals surface area contributed by atoms with Crippen molar-refractivity contribution in [2.45, 2.75) is 31.7 Å². The van der Waals surface area contributed by atoms with Gasteiger partial charge in [0.15, 0.2) is 0 Å². The van der Waals surface area contributed by atoms with Gasteiger partial charge in [0.05, 0.1) is 6.04 Å². The maximum Gasteiger partial charge on any atom is 0.0685 e. The van der Waals surface area contributed by atoms with Gasteiger partial charge < -0.3 is 0 Å². The summed E-state index contributed by atoms with van der Waals surface area (Å²) in [6.45, 7) is 0. The molecule has 1 aromatic rings. The van der Waals surface area contributed by atoms with E-state index in [1.807, 2.05) is 6.20 Å². The van der Waals surface area contributed by atoms with E-state index in [2.05, 4.69) is 38.5 Å². The van der Waals surface area contributed by atoms with Crippen molar-refractivity contribution < 1.29 is 0 Å². The van der Waals surface area contributed by atoms with E-state index >= 15 is 0 Å². The Kier molecular flexibility index (Phi) is 4.09. The molecule has 2 rings (SSSR count). The van der Waals surface area contributed by atoms with E-state index in [9.17, 15) is 0 Å². The molecular weight excluding hydrogens is 266 g/mol. The molecule has 1 atom stereocenters. The summed E-state index contributed by atoms with van der Waals surface area (Å²) in [5.74, 6) is 5.65.